The van der Waals surface area contributed by atoms with Gasteiger partial charge in [-0.15, -0.1) is 0 Å². The molecule has 0 atom stereocenters. The van der Waals surface area contributed by atoms with Gasteiger partial charge >= 0.3 is 0 Å². The van der Waals surface area contributed by atoms with Crippen molar-refractivity contribution >= 4 is 0 Å². The van der Waals surface area contributed by atoms with Gasteiger partial charge in [-0.25, -0.2) is 0 Å². The van der Waals surface area contributed by atoms with Crippen molar-refractivity contribution in [3.8, 4) is 11.5 Å². The Morgan fingerprint density at radius 3 is 2.35 bits per heavy atom. The molecule has 0 spiro atoms. The van der Waals surface area contributed by atoms with E-state index in [0.717, 1.165) is 18.4 Å². The number of hydrogen-bond donors (Lipinski definition) is 2. The van der Waals surface area contributed by atoms with E-state index in [1.54, 1.807) is 6.07 Å². The van der Waals surface area contributed by atoms with Gasteiger partial charge in [-0.3, -0.25) is 0 Å². The summed E-state index contributed by atoms with van der Waals surface area (Å²) in [5.41, 5.74) is 0.735. The highest BCUT2D eigenvalue weighted by Gasteiger charge is 2.05. The fraction of sp³-hybridized carbons (Fsp3) is 0.600. The Balaban J connectivity index is 2.16. The monoisotopic (exact) mass is 235 g/mol. The Morgan fingerprint density at radius 2 is 1.65 bits per heavy atom. The van der Waals surface area contributed by atoms with Crippen LogP contribution in [-0.4, -0.2) is 10.2 Å². The molecule has 2 N–H and O–H groups in total. The summed E-state index contributed by atoms with van der Waals surface area (Å²) in [5.74, 6) is -0.0415. The third-order valence-electron chi connectivity index (χ3n) is 3.06. The van der Waals surface area contributed by atoms with Crippen LogP contribution in [-0.2, 0) is 6.42 Å². The Labute approximate surface area is 104 Å². The number of unbranched alkanes of at least 4 members (excludes halogenated alkanes) is 6. The second-order valence-corrected chi connectivity index (χ2v) is 4.56. The molecule has 2 nitrogen and oxygen atoms in total. The van der Waals surface area contributed by atoms with Gasteiger partial charge in [-0.05, 0) is 25.0 Å². The molecule has 0 aliphatic carbocycles. The highest BCUT2D eigenvalue weighted by molar-refractivity contribution is 5.43. The molecule has 2 heteroatoms. The zero-order valence-corrected chi connectivity index (χ0v) is 10.7. The lowest BCUT2D eigenvalue weighted by molar-refractivity contribution is 0.398. The van der Waals surface area contributed by atoms with E-state index in [4.69, 9.17) is 0 Å². The van der Waals surface area contributed by atoms with Crippen LogP contribution in [0.5, 0.6) is 11.5 Å². The number of benzene rings is 1. The standard InChI is InChI=1S/C15H23O2/c1-2-3-4-5-6-7-8-10-13-11-9-12-14(16)15(13)17/h9,12,16-17H,2-8,10H2,1H3. The lowest BCUT2D eigenvalue weighted by Gasteiger charge is -2.05. The molecule has 0 aromatic heterocycles. The molecule has 0 amide bonds. The summed E-state index contributed by atoms with van der Waals surface area (Å²) in [6.07, 6.45) is 9.57. The average molecular weight is 235 g/mol. The first-order valence-corrected chi connectivity index (χ1v) is 6.67. The zero-order valence-electron chi connectivity index (χ0n) is 10.7. The normalized spacial score (nSPS) is 10.6. The first-order chi connectivity index (χ1) is 8.25. The highest BCUT2D eigenvalue weighted by Crippen LogP contribution is 2.28. The quantitative estimate of drug-likeness (QED) is 0.524. The minimum absolute atomic E-state index is 0.00140. The first-order valence-electron chi connectivity index (χ1n) is 6.67. The molecule has 0 bridgehead atoms. The Kier molecular flexibility index (Phi) is 6.53. The van der Waals surface area contributed by atoms with E-state index in [0.29, 0.717) is 0 Å². The molecule has 0 saturated carbocycles. The number of phenols is 2. The lowest BCUT2D eigenvalue weighted by Crippen LogP contribution is -1.88. The van der Waals surface area contributed by atoms with Crippen molar-refractivity contribution in [2.45, 2.75) is 58.3 Å². The topological polar surface area (TPSA) is 40.5 Å². The maximum atomic E-state index is 9.59. The van der Waals surface area contributed by atoms with Crippen LogP contribution in [0.4, 0.5) is 0 Å². The maximum Gasteiger partial charge on any atom is 0.161 e. The molecule has 0 unspecified atom stereocenters. The van der Waals surface area contributed by atoms with Crippen LogP contribution in [0.2, 0.25) is 0 Å². The summed E-state index contributed by atoms with van der Waals surface area (Å²) >= 11 is 0. The summed E-state index contributed by atoms with van der Waals surface area (Å²) in [6.45, 7) is 2.22. The van der Waals surface area contributed by atoms with Crippen molar-refractivity contribution in [3.63, 3.8) is 0 Å². The molecule has 1 rings (SSSR count). The molecular formula is C15H23O2. The third-order valence-corrected chi connectivity index (χ3v) is 3.06. The highest BCUT2D eigenvalue weighted by atomic mass is 16.3. The molecule has 1 radical (unpaired) electrons. The van der Waals surface area contributed by atoms with Crippen LogP contribution in [0.15, 0.2) is 12.1 Å². The molecule has 17 heavy (non-hydrogen) atoms. The van der Waals surface area contributed by atoms with Gasteiger partial charge in [0, 0.05) is 5.56 Å². The molecule has 0 aliphatic rings. The smallest absolute Gasteiger partial charge is 0.161 e. The molecule has 0 heterocycles. The van der Waals surface area contributed by atoms with Gasteiger partial charge in [0.05, 0.1) is 0 Å². The Bertz CT molecular complexity index is 321. The van der Waals surface area contributed by atoms with Crippen molar-refractivity contribution in [2.24, 2.45) is 0 Å². The number of rotatable bonds is 8. The first kappa shape index (κ1) is 13.9. The molecular weight excluding hydrogens is 212 g/mol. The van der Waals surface area contributed by atoms with Crippen LogP contribution in [0, 0.1) is 6.07 Å². The van der Waals surface area contributed by atoms with Crippen LogP contribution in [0.25, 0.3) is 0 Å². The van der Waals surface area contributed by atoms with Gasteiger partial charge in [0.25, 0.3) is 0 Å². The summed E-state index contributed by atoms with van der Waals surface area (Å²) in [6, 6.07) is 6.10. The number of aryl methyl sites for hydroxylation is 1. The predicted molar refractivity (Wildman–Crippen MR) is 70.3 cm³/mol. The zero-order chi connectivity index (χ0) is 12.5. The molecule has 1 aromatic carbocycles. The fourth-order valence-corrected chi connectivity index (χ4v) is 1.97. The molecule has 0 aliphatic heterocycles. The van der Waals surface area contributed by atoms with Gasteiger partial charge in [0.15, 0.2) is 11.5 Å². The van der Waals surface area contributed by atoms with Crippen molar-refractivity contribution in [3.05, 3.63) is 23.8 Å². The predicted octanol–water partition coefficient (Wildman–Crippen LogP) is 4.19. The van der Waals surface area contributed by atoms with Crippen molar-refractivity contribution in [1.82, 2.24) is 0 Å². The van der Waals surface area contributed by atoms with Gasteiger partial charge in [-0.2, -0.15) is 0 Å². The minimum atomic E-state index is -0.0401. The fourth-order valence-electron chi connectivity index (χ4n) is 1.97. The van der Waals surface area contributed by atoms with E-state index < -0.39 is 0 Å². The third kappa shape index (κ3) is 5.12. The van der Waals surface area contributed by atoms with Crippen molar-refractivity contribution < 1.29 is 10.2 Å². The summed E-state index contributed by atoms with van der Waals surface area (Å²) in [7, 11) is 0. The molecule has 95 valence electrons. The second-order valence-electron chi connectivity index (χ2n) is 4.56. The van der Waals surface area contributed by atoms with Crippen LogP contribution < -0.4 is 0 Å². The minimum Gasteiger partial charge on any atom is -0.504 e. The SMILES string of the molecule is CCCCCCCCCc1[c]ccc(O)c1O. The van der Waals surface area contributed by atoms with Gasteiger partial charge in [0.2, 0.25) is 0 Å². The van der Waals surface area contributed by atoms with Crippen LogP contribution >= 0.6 is 0 Å². The van der Waals surface area contributed by atoms with E-state index >= 15 is 0 Å². The molecule has 0 fully saturated rings. The van der Waals surface area contributed by atoms with E-state index in [2.05, 4.69) is 13.0 Å². The van der Waals surface area contributed by atoms with Gasteiger partial charge in [0.1, 0.15) is 0 Å². The Hall–Kier alpha value is -1.18. The lowest BCUT2D eigenvalue weighted by atomic mass is 10.0. The molecule has 1 aromatic rings. The summed E-state index contributed by atoms with van der Waals surface area (Å²) in [5, 5.41) is 18.9. The Morgan fingerprint density at radius 1 is 1.00 bits per heavy atom. The second kappa shape index (κ2) is 7.99. The maximum absolute atomic E-state index is 9.59. The van der Waals surface area contributed by atoms with Crippen molar-refractivity contribution in [2.75, 3.05) is 0 Å². The largest absolute Gasteiger partial charge is 0.504 e. The number of hydrogen-bond acceptors (Lipinski definition) is 2. The summed E-state index contributed by atoms with van der Waals surface area (Å²) < 4.78 is 0. The number of phenolic OH excluding ortho intramolecular Hbond substituents is 2. The summed E-state index contributed by atoms with van der Waals surface area (Å²) in [4.78, 5) is 0. The van der Waals surface area contributed by atoms with E-state index in [9.17, 15) is 10.2 Å². The van der Waals surface area contributed by atoms with E-state index in [-0.39, 0.29) is 11.5 Å². The van der Waals surface area contributed by atoms with Crippen LogP contribution in [0.1, 0.15) is 57.4 Å². The molecule has 0 saturated heterocycles. The van der Waals surface area contributed by atoms with E-state index in [1.807, 2.05) is 0 Å². The van der Waals surface area contributed by atoms with Gasteiger partial charge in [-0.1, -0.05) is 51.5 Å². The van der Waals surface area contributed by atoms with Gasteiger partial charge < -0.3 is 10.2 Å². The number of aromatic hydroxyl groups is 2. The average Bonchev–Trinajstić information content (AvgIpc) is 2.33. The van der Waals surface area contributed by atoms with Crippen molar-refractivity contribution in [1.29, 1.82) is 0 Å². The van der Waals surface area contributed by atoms with Crippen LogP contribution in [0.3, 0.4) is 0 Å². The van der Waals surface area contributed by atoms with E-state index in [1.165, 1.54) is 44.6 Å².